The first-order chi connectivity index (χ1) is 10.3. The third-order valence-corrected chi connectivity index (χ3v) is 4.11. The summed E-state index contributed by atoms with van der Waals surface area (Å²) in [6.07, 6.45) is 3.74. The lowest BCUT2D eigenvalue weighted by atomic mass is 10.1. The standard InChI is InChI=1S/C15H9N3O2S/c21-15-17-10-6-13-12(19-7-20-13)5-8(10)14-16-9-3-1-2-4-11(9)18(14)15/h1-6,12H,7H2. The van der Waals surface area contributed by atoms with Gasteiger partial charge in [0, 0.05) is 11.3 Å². The van der Waals surface area contributed by atoms with E-state index in [1.807, 2.05) is 40.8 Å². The second-order valence-electron chi connectivity index (χ2n) is 5.02. The average molecular weight is 295 g/mol. The van der Waals surface area contributed by atoms with E-state index >= 15 is 0 Å². The normalized spacial score (nSPS) is 19.8. The minimum absolute atomic E-state index is 0.154. The number of ether oxygens (including phenoxy) is 2. The Kier molecular flexibility index (Phi) is 2.09. The van der Waals surface area contributed by atoms with Crippen molar-refractivity contribution in [3.63, 3.8) is 0 Å². The Hall–Kier alpha value is -2.31. The smallest absolute Gasteiger partial charge is 0.206 e. The summed E-state index contributed by atoms with van der Waals surface area (Å²) in [5, 5.41) is 0.944. The Labute approximate surface area is 124 Å². The van der Waals surface area contributed by atoms with Crippen molar-refractivity contribution >= 4 is 41.1 Å². The molecule has 0 amide bonds. The molecule has 102 valence electrons. The van der Waals surface area contributed by atoms with Gasteiger partial charge in [-0.1, -0.05) is 12.1 Å². The van der Waals surface area contributed by atoms with E-state index in [1.54, 1.807) is 0 Å². The molecule has 0 saturated carbocycles. The lowest BCUT2D eigenvalue weighted by Gasteiger charge is -2.10. The highest BCUT2D eigenvalue weighted by Gasteiger charge is 2.26. The Morgan fingerprint density at radius 2 is 2.14 bits per heavy atom. The molecule has 3 aromatic rings. The zero-order valence-electron chi connectivity index (χ0n) is 10.8. The highest BCUT2D eigenvalue weighted by atomic mass is 32.1. The first-order valence-electron chi connectivity index (χ1n) is 6.60. The predicted molar refractivity (Wildman–Crippen MR) is 79.8 cm³/mol. The number of hydrogen-bond donors (Lipinski definition) is 0. The van der Waals surface area contributed by atoms with Crippen LogP contribution in [0.1, 0.15) is 5.69 Å². The van der Waals surface area contributed by atoms with Crippen molar-refractivity contribution in [3.05, 3.63) is 45.7 Å². The topological polar surface area (TPSA) is 48.7 Å². The number of nitrogens with zero attached hydrogens (tertiary/aromatic N) is 3. The number of imidazole rings is 1. The number of hydrogen-bond acceptors (Lipinski definition) is 5. The van der Waals surface area contributed by atoms with Crippen LogP contribution < -0.4 is 5.22 Å². The van der Waals surface area contributed by atoms with E-state index in [1.165, 1.54) is 0 Å². The van der Waals surface area contributed by atoms with Gasteiger partial charge < -0.3 is 9.47 Å². The molecule has 5 nitrogen and oxygen atoms in total. The van der Waals surface area contributed by atoms with Gasteiger partial charge in [-0.05, 0) is 30.4 Å². The maximum atomic E-state index is 5.53. The summed E-state index contributed by atoms with van der Waals surface area (Å²) >= 11 is 5.44. The van der Waals surface area contributed by atoms with Crippen LogP contribution in [0.4, 0.5) is 0 Å². The van der Waals surface area contributed by atoms with Gasteiger partial charge in [-0.2, -0.15) is 0 Å². The maximum Gasteiger partial charge on any atom is 0.206 e. The van der Waals surface area contributed by atoms with E-state index in [0.717, 1.165) is 33.4 Å². The van der Waals surface area contributed by atoms with Crippen LogP contribution in [0.3, 0.4) is 0 Å². The Balaban J connectivity index is 2.00. The molecule has 0 bridgehead atoms. The van der Waals surface area contributed by atoms with Crippen molar-refractivity contribution in [3.8, 4) is 0 Å². The zero-order valence-corrected chi connectivity index (χ0v) is 11.6. The Morgan fingerprint density at radius 3 is 3.10 bits per heavy atom. The first kappa shape index (κ1) is 11.4. The molecule has 0 spiro atoms. The maximum absolute atomic E-state index is 5.53. The first-order valence-corrected chi connectivity index (χ1v) is 7.01. The number of benzene rings is 1. The van der Waals surface area contributed by atoms with Crippen molar-refractivity contribution in [1.29, 1.82) is 0 Å². The minimum Gasteiger partial charge on any atom is -0.469 e. The summed E-state index contributed by atoms with van der Waals surface area (Å²) in [6.45, 7) is 0.272. The van der Waals surface area contributed by atoms with Crippen LogP contribution in [0.15, 0.2) is 30.0 Å². The molecule has 3 heterocycles. The number of fused-ring (bicyclic) bond motifs is 6. The third-order valence-electron chi connectivity index (χ3n) is 3.84. The summed E-state index contributed by atoms with van der Waals surface area (Å²) in [7, 11) is 0. The molecule has 21 heavy (non-hydrogen) atoms. The van der Waals surface area contributed by atoms with Crippen LogP contribution in [0.25, 0.3) is 28.8 Å². The monoisotopic (exact) mass is 295 g/mol. The zero-order chi connectivity index (χ0) is 14.0. The van der Waals surface area contributed by atoms with Crippen molar-refractivity contribution < 1.29 is 9.47 Å². The molecule has 1 aliphatic carbocycles. The van der Waals surface area contributed by atoms with Crippen LogP contribution in [0.5, 0.6) is 0 Å². The fourth-order valence-corrected chi connectivity index (χ4v) is 3.16. The lowest BCUT2D eigenvalue weighted by Crippen LogP contribution is -2.22. The fraction of sp³-hybridized carbons (Fsp3) is 0.133. The molecule has 1 atom stereocenters. The second kappa shape index (κ2) is 3.87. The number of rotatable bonds is 0. The molecule has 1 unspecified atom stereocenters. The van der Waals surface area contributed by atoms with E-state index in [9.17, 15) is 0 Å². The lowest BCUT2D eigenvalue weighted by molar-refractivity contribution is 0.0668. The van der Waals surface area contributed by atoms with E-state index < -0.39 is 0 Å². The van der Waals surface area contributed by atoms with Gasteiger partial charge in [0.2, 0.25) is 4.77 Å². The molecule has 0 radical (unpaired) electrons. The summed E-state index contributed by atoms with van der Waals surface area (Å²) in [5.74, 6) is 0.782. The summed E-state index contributed by atoms with van der Waals surface area (Å²) in [5.41, 5.74) is 3.49. The third kappa shape index (κ3) is 1.46. The van der Waals surface area contributed by atoms with Crippen molar-refractivity contribution in [2.24, 2.45) is 0 Å². The molecule has 2 aliphatic rings. The van der Waals surface area contributed by atoms with Gasteiger partial charge in [0.05, 0.1) is 16.7 Å². The molecular weight excluding hydrogens is 286 g/mol. The molecule has 6 heteroatoms. The summed E-state index contributed by atoms with van der Waals surface area (Å²) in [6, 6.07) is 7.91. The summed E-state index contributed by atoms with van der Waals surface area (Å²) in [4.78, 5) is 9.22. The number of aromatic nitrogens is 3. The molecule has 5 rings (SSSR count). The van der Waals surface area contributed by atoms with Gasteiger partial charge >= 0.3 is 0 Å². The molecule has 1 aliphatic heterocycles. The highest BCUT2D eigenvalue weighted by molar-refractivity contribution is 7.71. The Morgan fingerprint density at radius 1 is 1.24 bits per heavy atom. The van der Waals surface area contributed by atoms with Crippen LogP contribution in [0, 0.1) is 4.77 Å². The van der Waals surface area contributed by atoms with Gasteiger partial charge in [0.25, 0.3) is 0 Å². The van der Waals surface area contributed by atoms with Gasteiger partial charge in [0.1, 0.15) is 17.5 Å². The average Bonchev–Trinajstić information content (AvgIpc) is 3.09. The van der Waals surface area contributed by atoms with Gasteiger partial charge in [-0.15, -0.1) is 0 Å². The molecule has 1 saturated heterocycles. The summed E-state index contributed by atoms with van der Waals surface area (Å²) < 4.78 is 13.4. The van der Waals surface area contributed by atoms with Gasteiger partial charge in [-0.25, -0.2) is 9.97 Å². The van der Waals surface area contributed by atoms with Crippen LogP contribution in [-0.4, -0.2) is 27.3 Å². The van der Waals surface area contributed by atoms with Gasteiger partial charge in [-0.3, -0.25) is 4.40 Å². The molecule has 1 aromatic carbocycles. The van der Waals surface area contributed by atoms with E-state index in [-0.39, 0.29) is 12.9 Å². The largest absolute Gasteiger partial charge is 0.469 e. The quantitative estimate of drug-likeness (QED) is 0.592. The molecule has 0 N–H and O–H groups in total. The molecule has 2 aromatic heterocycles. The SMILES string of the molecule is S=c1nc2c(c3nc4ccccc4n13)=CC1OCOC1=C2. The van der Waals surface area contributed by atoms with Crippen LogP contribution >= 0.6 is 12.2 Å². The van der Waals surface area contributed by atoms with Gasteiger partial charge in [0.15, 0.2) is 6.79 Å². The highest BCUT2D eigenvalue weighted by Crippen LogP contribution is 2.24. The van der Waals surface area contributed by atoms with Crippen molar-refractivity contribution in [1.82, 2.24) is 14.4 Å². The predicted octanol–water partition coefficient (Wildman–Crippen LogP) is 1.84. The van der Waals surface area contributed by atoms with Crippen molar-refractivity contribution in [2.75, 3.05) is 6.79 Å². The van der Waals surface area contributed by atoms with Crippen LogP contribution in [0.2, 0.25) is 0 Å². The Bertz CT molecular complexity index is 1050. The minimum atomic E-state index is -0.154. The van der Waals surface area contributed by atoms with E-state index in [4.69, 9.17) is 26.7 Å². The molecule has 1 fully saturated rings. The van der Waals surface area contributed by atoms with E-state index in [0.29, 0.717) is 4.77 Å². The fourth-order valence-electron chi connectivity index (χ4n) is 2.88. The van der Waals surface area contributed by atoms with Crippen LogP contribution in [-0.2, 0) is 9.47 Å². The number of para-hydroxylation sites is 2. The second-order valence-corrected chi connectivity index (χ2v) is 5.38. The van der Waals surface area contributed by atoms with Crippen molar-refractivity contribution in [2.45, 2.75) is 6.10 Å². The molecular formula is C15H9N3O2S. The van der Waals surface area contributed by atoms with E-state index in [2.05, 4.69) is 4.98 Å².